The third kappa shape index (κ3) is 14.1. The maximum atomic E-state index is 10.5. The van der Waals surface area contributed by atoms with E-state index in [0.29, 0.717) is 6.54 Å². The van der Waals surface area contributed by atoms with Crippen LogP contribution in [0.25, 0.3) is 0 Å². The van der Waals surface area contributed by atoms with Crippen LogP contribution in [0.5, 0.6) is 0 Å². The van der Waals surface area contributed by atoms with E-state index < -0.39 is 7.60 Å². The van der Waals surface area contributed by atoms with Gasteiger partial charge in [0.15, 0.2) is 0 Å². The van der Waals surface area contributed by atoms with Crippen molar-refractivity contribution in [3.05, 3.63) is 0 Å². The van der Waals surface area contributed by atoms with Crippen LogP contribution in [-0.4, -0.2) is 35.6 Å². The molecule has 0 aliphatic rings. The first-order valence-corrected chi connectivity index (χ1v) is 7.81. The number of rotatable bonds is 11. The molecular weight excluding hydrogens is 227 g/mol. The molecule has 0 spiro atoms. The van der Waals surface area contributed by atoms with Crippen molar-refractivity contribution >= 4 is 7.60 Å². The summed E-state index contributed by atoms with van der Waals surface area (Å²) in [6.07, 6.45) is 6.96. The summed E-state index contributed by atoms with van der Waals surface area (Å²) in [7, 11) is -3.81. The Morgan fingerprint density at radius 1 is 0.938 bits per heavy atom. The van der Waals surface area contributed by atoms with Gasteiger partial charge in [0.05, 0.1) is 6.16 Å². The molecule has 0 amide bonds. The average Bonchev–Trinajstić information content (AvgIpc) is 2.19. The van der Waals surface area contributed by atoms with Gasteiger partial charge < -0.3 is 20.8 Å². The smallest absolute Gasteiger partial charge is 0.326 e. The lowest BCUT2D eigenvalue weighted by Crippen LogP contribution is -2.19. The van der Waals surface area contributed by atoms with Crippen molar-refractivity contribution in [2.45, 2.75) is 38.5 Å². The quantitative estimate of drug-likeness (QED) is 0.326. The normalized spacial score (nSPS) is 11.9. The molecule has 0 atom stereocenters. The monoisotopic (exact) mass is 252 g/mol. The molecule has 0 aromatic heterocycles. The number of hydrogen-bond acceptors (Lipinski definition) is 3. The lowest BCUT2D eigenvalue weighted by atomic mass is 10.1. The van der Waals surface area contributed by atoms with Crippen LogP contribution in [0.2, 0.25) is 0 Å². The predicted molar refractivity (Wildman–Crippen MR) is 66.5 cm³/mol. The summed E-state index contributed by atoms with van der Waals surface area (Å²) in [4.78, 5) is 17.2. The number of nitrogens with one attached hydrogen (secondary N) is 1. The van der Waals surface area contributed by atoms with Gasteiger partial charge in [0, 0.05) is 6.54 Å². The lowest BCUT2D eigenvalue weighted by Gasteiger charge is -2.05. The van der Waals surface area contributed by atoms with E-state index in [2.05, 4.69) is 5.32 Å². The van der Waals surface area contributed by atoms with Crippen LogP contribution in [0.3, 0.4) is 0 Å². The summed E-state index contributed by atoms with van der Waals surface area (Å²) in [6, 6.07) is 0. The van der Waals surface area contributed by atoms with Gasteiger partial charge in [0.25, 0.3) is 0 Å². The summed E-state index contributed by atoms with van der Waals surface area (Å²) >= 11 is 0. The molecule has 5 N–H and O–H groups in total. The zero-order valence-electron chi connectivity index (χ0n) is 9.90. The van der Waals surface area contributed by atoms with E-state index in [1.165, 1.54) is 25.7 Å². The molecule has 0 heterocycles. The first-order valence-electron chi connectivity index (χ1n) is 6.01. The van der Waals surface area contributed by atoms with Gasteiger partial charge in [-0.1, -0.05) is 25.7 Å². The summed E-state index contributed by atoms with van der Waals surface area (Å²) in [5, 5.41) is 3.03. The molecule has 0 saturated carbocycles. The van der Waals surface area contributed by atoms with Gasteiger partial charge in [-0.25, -0.2) is 0 Å². The van der Waals surface area contributed by atoms with E-state index in [0.717, 1.165) is 25.9 Å². The summed E-state index contributed by atoms with van der Waals surface area (Å²) in [5.41, 5.74) is 5.39. The number of unbranched alkanes of at least 4 members (excludes halogenated alkanes) is 5. The molecule has 0 aliphatic carbocycles. The maximum Gasteiger partial charge on any atom is 0.326 e. The second-order valence-electron chi connectivity index (χ2n) is 4.05. The Labute approximate surface area is 98.0 Å². The Bertz CT molecular complexity index is 197. The highest BCUT2D eigenvalue weighted by Crippen LogP contribution is 2.32. The zero-order chi connectivity index (χ0) is 12.3. The SMILES string of the molecule is NCCCCCCCCNCCP(=O)(O)O. The molecule has 16 heavy (non-hydrogen) atoms. The summed E-state index contributed by atoms with van der Waals surface area (Å²) < 4.78 is 10.5. The molecule has 98 valence electrons. The Hall–Kier alpha value is 0.0700. The fourth-order valence-corrected chi connectivity index (χ4v) is 1.90. The maximum absolute atomic E-state index is 10.5. The van der Waals surface area contributed by atoms with E-state index >= 15 is 0 Å². The number of hydrogen-bond donors (Lipinski definition) is 4. The third-order valence-corrected chi connectivity index (χ3v) is 3.19. The molecule has 0 aliphatic heterocycles. The predicted octanol–water partition coefficient (Wildman–Crippen LogP) is 1.05. The van der Waals surface area contributed by atoms with Crippen LogP contribution < -0.4 is 11.1 Å². The van der Waals surface area contributed by atoms with E-state index in [9.17, 15) is 4.57 Å². The van der Waals surface area contributed by atoms with Crippen LogP contribution in [0.15, 0.2) is 0 Å². The minimum atomic E-state index is -3.81. The molecule has 0 rings (SSSR count). The summed E-state index contributed by atoms with van der Waals surface area (Å²) in [5.74, 6) is 0. The van der Waals surface area contributed by atoms with Crippen molar-refractivity contribution < 1.29 is 14.4 Å². The molecular formula is C10H25N2O3P. The number of nitrogens with two attached hydrogens (primary N) is 1. The van der Waals surface area contributed by atoms with Crippen molar-refractivity contribution in [3.63, 3.8) is 0 Å². The highest BCUT2D eigenvalue weighted by atomic mass is 31.2. The molecule has 0 fully saturated rings. The first-order chi connectivity index (χ1) is 7.56. The van der Waals surface area contributed by atoms with Crippen LogP contribution in [0, 0.1) is 0 Å². The van der Waals surface area contributed by atoms with Crippen LogP contribution >= 0.6 is 7.60 Å². The third-order valence-electron chi connectivity index (χ3n) is 2.39. The molecule has 5 nitrogen and oxygen atoms in total. The van der Waals surface area contributed by atoms with Crippen LogP contribution in [-0.2, 0) is 4.57 Å². The standard InChI is InChI=1S/C10H25N2O3P/c11-7-5-3-1-2-4-6-8-12-9-10-16(13,14)15/h12H,1-11H2,(H2,13,14,15). The Balaban J connectivity index is 3.02. The van der Waals surface area contributed by atoms with Crippen molar-refractivity contribution in [2.75, 3.05) is 25.8 Å². The second-order valence-corrected chi connectivity index (χ2v) is 5.82. The van der Waals surface area contributed by atoms with Gasteiger partial charge in [-0.05, 0) is 25.9 Å². The van der Waals surface area contributed by atoms with Gasteiger partial charge >= 0.3 is 7.60 Å². The highest BCUT2D eigenvalue weighted by molar-refractivity contribution is 7.51. The van der Waals surface area contributed by atoms with Crippen LogP contribution in [0.1, 0.15) is 38.5 Å². The fraction of sp³-hybridized carbons (Fsp3) is 1.00. The minimum absolute atomic E-state index is 0.0660. The molecule has 0 bridgehead atoms. The molecule has 0 aromatic carbocycles. The Kier molecular flexibility index (Phi) is 10.3. The van der Waals surface area contributed by atoms with Gasteiger partial charge in [-0.2, -0.15) is 0 Å². The van der Waals surface area contributed by atoms with E-state index in [1.54, 1.807) is 0 Å². The first kappa shape index (κ1) is 16.1. The molecule has 0 radical (unpaired) electrons. The topological polar surface area (TPSA) is 95.6 Å². The van der Waals surface area contributed by atoms with Gasteiger partial charge in [-0.3, -0.25) is 4.57 Å². The van der Waals surface area contributed by atoms with E-state index in [-0.39, 0.29) is 6.16 Å². The zero-order valence-corrected chi connectivity index (χ0v) is 10.8. The van der Waals surface area contributed by atoms with Gasteiger partial charge in [0.2, 0.25) is 0 Å². The molecule has 0 unspecified atom stereocenters. The summed E-state index contributed by atoms with van der Waals surface area (Å²) in [6.45, 7) is 2.03. The largest absolute Gasteiger partial charge is 0.330 e. The minimum Gasteiger partial charge on any atom is -0.330 e. The van der Waals surface area contributed by atoms with Crippen molar-refractivity contribution in [1.29, 1.82) is 0 Å². The van der Waals surface area contributed by atoms with Crippen molar-refractivity contribution in [2.24, 2.45) is 5.73 Å². The van der Waals surface area contributed by atoms with Gasteiger partial charge in [0.1, 0.15) is 0 Å². The molecule has 0 saturated heterocycles. The second kappa shape index (κ2) is 10.2. The Morgan fingerprint density at radius 2 is 1.50 bits per heavy atom. The highest BCUT2D eigenvalue weighted by Gasteiger charge is 2.10. The van der Waals surface area contributed by atoms with Gasteiger partial charge in [-0.15, -0.1) is 0 Å². The molecule has 0 aromatic rings. The average molecular weight is 252 g/mol. The van der Waals surface area contributed by atoms with E-state index in [1.807, 2.05) is 0 Å². The molecule has 6 heteroatoms. The van der Waals surface area contributed by atoms with Crippen molar-refractivity contribution in [1.82, 2.24) is 5.32 Å². The van der Waals surface area contributed by atoms with Crippen molar-refractivity contribution in [3.8, 4) is 0 Å². The van der Waals surface area contributed by atoms with Crippen LogP contribution in [0.4, 0.5) is 0 Å². The fourth-order valence-electron chi connectivity index (χ4n) is 1.45. The Morgan fingerprint density at radius 3 is 2.06 bits per heavy atom. The van der Waals surface area contributed by atoms with E-state index in [4.69, 9.17) is 15.5 Å². The lowest BCUT2D eigenvalue weighted by molar-refractivity contribution is 0.371.